The Balaban J connectivity index is 2.19. The van der Waals surface area contributed by atoms with E-state index in [9.17, 15) is 9.59 Å². The molecular weight excluding hydrogens is 290 g/mol. The van der Waals surface area contributed by atoms with Gasteiger partial charge in [-0.05, 0) is 36.7 Å². The zero-order valence-corrected chi connectivity index (χ0v) is 12.4. The molecule has 0 unspecified atom stereocenters. The molecule has 0 radical (unpaired) electrons. The molecule has 7 nitrogen and oxygen atoms in total. The fourth-order valence-electron chi connectivity index (χ4n) is 1.82. The van der Waals surface area contributed by atoms with E-state index >= 15 is 0 Å². The maximum absolute atomic E-state index is 12.3. The number of carbonyl (C=O) groups excluding carboxylic acids is 2. The molecule has 0 aliphatic heterocycles. The average Bonchev–Trinajstić information content (AvgIpc) is 2.79. The number of hydrogen-bond donors (Lipinski definition) is 4. The molecule has 8 heteroatoms. The van der Waals surface area contributed by atoms with E-state index in [0.29, 0.717) is 27.6 Å². The first-order valence-corrected chi connectivity index (χ1v) is 6.90. The molecule has 0 atom stereocenters. The highest BCUT2D eigenvalue weighted by Gasteiger charge is 2.17. The van der Waals surface area contributed by atoms with E-state index in [1.807, 2.05) is 0 Å². The Morgan fingerprint density at radius 2 is 1.90 bits per heavy atom. The monoisotopic (exact) mass is 305 g/mol. The number of nitrogens with one attached hydrogen (secondary N) is 3. The van der Waals surface area contributed by atoms with Gasteiger partial charge in [0.2, 0.25) is 0 Å². The molecular formula is C13H15N5O2S. The number of urea groups is 1. The predicted octanol–water partition coefficient (Wildman–Crippen LogP) is 2.24. The van der Waals surface area contributed by atoms with Crippen molar-refractivity contribution in [2.24, 2.45) is 5.73 Å². The first-order valence-electron chi connectivity index (χ1n) is 6.13. The lowest BCUT2D eigenvalue weighted by Crippen LogP contribution is -2.19. The minimum atomic E-state index is -0.658. The average molecular weight is 305 g/mol. The van der Waals surface area contributed by atoms with Crippen LogP contribution in [0.1, 0.15) is 16.1 Å². The highest BCUT2D eigenvalue weighted by atomic mass is 32.1. The Morgan fingerprint density at radius 1 is 1.24 bits per heavy atom. The summed E-state index contributed by atoms with van der Waals surface area (Å²) in [6.45, 7) is 1.78. The van der Waals surface area contributed by atoms with Gasteiger partial charge in [-0.1, -0.05) is 6.07 Å². The van der Waals surface area contributed by atoms with E-state index in [-0.39, 0.29) is 5.91 Å². The fourth-order valence-corrected chi connectivity index (χ4v) is 2.56. The van der Waals surface area contributed by atoms with E-state index < -0.39 is 6.03 Å². The zero-order chi connectivity index (χ0) is 15.4. The van der Waals surface area contributed by atoms with Gasteiger partial charge < -0.3 is 21.7 Å². The maximum atomic E-state index is 12.3. The summed E-state index contributed by atoms with van der Waals surface area (Å²) in [5, 5.41) is 8.87. The number of rotatable bonds is 4. The van der Waals surface area contributed by atoms with Crippen LogP contribution in [0.3, 0.4) is 0 Å². The van der Waals surface area contributed by atoms with Gasteiger partial charge >= 0.3 is 6.03 Å². The zero-order valence-electron chi connectivity index (χ0n) is 11.6. The predicted molar refractivity (Wildman–Crippen MR) is 84.0 cm³/mol. The molecule has 0 bridgehead atoms. The normalized spacial score (nSPS) is 10.0. The van der Waals surface area contributed by atoms with Crippen LogP contribution in [-0.2, 0) is 0 Å². The standard InChI is InChI=1S/C13H15N5O2S/c1-7-10(12(15-2)21-18-7)11(19)16-8-4-3-5-9(6-8)17-13(14)20/h3-6,15H,1-2H3,(H,16,19)(H3,14,17,20). The molecule has 0 saturated heterocycles. The number of aromatic nitrogens is 1. The van der Waals surface area contributed by atoms with Crippen molar-refractivity contribution in [2.45, 2.75) is 6.92 Å². The second-order valence-corrected chi connectivity index (χ2v) is 5.02. The molecule has 5 N–H and O–H groups in total. The number of amides is 3. The Morgan fingerprint density at radius 3 is 2.52 bits per heavy atom. The largest absolute Gasteiger partial charge is 0.378 e. The van der Waals surface area contributed by atoms with E-state index in [4.69, 9.17) is 5.73 Å². The molecule has 0 saturated carbocycles. The smallest absolute Gasteiger partial charge is 0.316 e. The lowest BCUT2D eigenvalue weighted by molar-refractivity contribution is 0.102. The van der Waals surface area contributed by atoms with Gasteiger partial charge in [-0.15, -0.1) is 0 Å². The van der Waals surface area contributed by atoms with Gasteiger partial charge in [0.15, 0.2) is 0 Å². The van der Waals surface area contributed by atoms with Crippen LogP contribution in [0.2, 0.25) is 0 Å². The van der Waals surface area contributed by atoms with E-state index in [2.05, 4.69) is 20.3 Å². The number of anilines is 3. The Labute approximate surface area is 125 Å². The SMILES string of the molecule is CNc1snc(C)c1C(=O)Nc1cccc(NC(N)=O)c1. The number of nitrogens with two attached hydrogens (primary N) is 1. The Bertz CT molecular complexity index is 683. The summed E-state index contributed by atoms with van der Waals surface area (Å²) in [4.78, 5) is 23.1. The number of carbonyl (C=O) groups is 2. The van der Waals surface area contributed by atoms with Gasteiger partial charge in [-0.3, -0.25) is 4.79 Å². The van der Waals surface area contributed by atoms with Gasteiger partial charge in [0.1, 0.15) is 5.00 Å². The van der Waals surface area contributed by atoms with Gasteiger partial charge in [-0.2, -0.15) is 4.37 Å². The molecule has 110 valence electrons. The first kappa shape index (κ1) is 14.8. The van der Waals surface area contributed by atoms with Crippen LogP contribution in [0.4, 0.5) is 21.2 Å². The van der Waals surface area contributed by atoms with Crippen molar-refractivity contribution in [1.82, 2.24) is 4.37 Å². The van der Waals surface area contributed by atoms with Crippen molar-refractivity contribution in [2.75, 3.05) is 23.0 Å². The third-order valence-electron chi connectivity index (χ3n) is 2.70. The van der Waals surface area contributed by atoms with E-state index in [0.717, 1.165) is 0 Å². The molecule has 0 aliphatic rings. The van der Waals surface area contributed by atoms with Gasteiger partial charge in [0.05, 0.1) is 11.3 Å². The van der Waals surface area contributed by atoms with Crippen LogP contribution in [0, 0.1) is 6.92 Å². The molecule has 2 rings (SSSR count). The van der Waals surface area contributed by atoms with Gasteiger partial charge in [-0.25, -0.2) is 4.79 Å². The summed E-state index contributed by atoms with van der Waals surface area (Å²) in [7, 11) is 1.74. The molecule has 2 aromatic rings. The molecule has 0 spiro atoms. The van der Waals surface area contributed by atoms with Crippen LogP contribution >= 0.6 is 11.5 Å². The molecule has 21 heavy (non-hydrogen) atoms. The second kappa shape index (κ2) is 6.23. The summed E-state index contributed by atoms with van der Waals surface area (Å²) in [6.07, 6.45) is 0. The quantitative estimate of drug-likeness (QED) is 0.694. The number of benzene rings is 1. The van der Waals surface area contributed by atoms with Gasteiger partial charge in [0, 0.05) is 18.4 Å². The second-order valence-electron chi connectivity index (χ2n) is 4.25. The molecule has 1 aromatic heterocycles. The highest BCUT2D eigenvalue weighted by Crippen LogP contribution is 2.25. The summed E-state index contributed by atoms with van der Waals surface area (Å²) >= 11 is 1.23. The highest BCUT2D eigenvalue weighted by molar-refractivity contribution is 7.10. The molecule has 1 aromatic carbocycles. The Kier molecular flexibility index (Phi) is 4.39. The minimum Gasteiger partial charge on any atom is -0.378 e. The third-order valence-corrected chi connectivity index (χ3v) is 3.66. The van der Waals surface area contributed by atoms with Crippen molar-refractivity contribution in [1.29, 1.82) is 0 Å². The van der Waals surface area contributed by atoms with Crippen molar-refractivity contribution in [3.8, 4) is 0 Å². The lowest BCUT2D eigenvalue weighted by atomic mass is 10.2. The minimum absolute atomic E-state index is 0.262. The number of aryl methyl sites for hydroxylation is 1. The summed E-state index contributed by atoms with van der Waals surface area (Å²) in [5.41, 5.74) is 7.29. The molecule has 0 fully saturated rings. The van der Waals surface area contributed by atoms with Crippen LogP contribution in [0.15, 0.2) is 24.3 Å². The van der Waals surface area contributed by atoms with Crippen molar-refractivity contribution in [3.05, 3.63) is 35.5 Å². The van der Waals surface area contributed by atoms with Crippen LogP contribution in [0.5, 0.6) is 0 Å². The van der Waals surface area contributed by atoms with E-state index in [1.54, 1.807) is 38.2 Å². The van der Waals surface area contributed by atoms with Crippen molar-refractivity contribution in [3.63, 3.8) is 0 Å². The maximum Gasteiger partial charge on any atom is 0.316 e. The molecule has 3 amide bonds. The number of nitrogens with zero attached hydrogens (tertiary/aromatic N) is 1. The van der Waals surface area contributed by atoms with Gasteiger partial charge in [0.25, 0.3) is 5.91 Å². The topological polar surface area (TPSA) is 109 Å². The van der Waals surface area contributed by atoms with Crippen molar-refractivity contribution >= 4 is 39.8 Å². The van der Waals surface area contributed by atoms with E-state index in [1.165, 1.54) is 11.5 Å². The summed E-state index contributed by atoms with van der Waals surface area (Å²) in [6, 6.07) is 6.07. The Hall–Kier alpha value is -2.61. The molecule has 0 aliphatic carbocycles. The first-order chi connectivity index (χ1) is 10.0. The number of primary amides is 1. The van der Waals surface area contributed by atoms with Crippen LogP contribution in [-0.4, -0.2) is 23.4 Å². The number of hydrogen-bond acceptors (Lipinski definition) is 5. The third kappa shape index (κ3) is 3.48. The molecule has 1 heterocycles. The summed E-state index contributed by atoms with van der Waals surface area (Å²) in [5.74, 6) is -0.262. The fraction of sp³-hybridized carbons (Fsp3) is 0.154. The van der Waals surface area contributed by atoms with Crippen LogP contribution < -0.4 is 21.7 Å². The lowest BCUT2D eigenvalue weighted by Gasteiger charge is -2.08. The van der Waals surface area contributed by atoms with Crippen molar-refractivity contribution < 1.29 is 9.59 Å². The summed E-state index contributed by atoms with van der Waals surface area (Å²) < 4.78 is 4.15. The van der Waals surface area contributed by atoms with Crippen LogP contribution in [0.25, 0.3) is 0 Å².